The molecular weight excluding hydrogens is 377 g/mol. The van der Waals surface area contributed by atoms with Gasteiger partial charge in [-0.25, -0.2) is 0 Å². The van der Waals surface area contributed by atoms with Crippen LogP contribution in [0.4, 0.5) is 0 Å². The topological polar surface area (TPSA) is 89.7 Å². The number of rotatable bonds is 5. The van der Waals surface area contributed by atoms with Crippen molar-refractivity contribution < 1.29 is 4.79 Å². The van der Waals surface area contributed by atoms with E-state index in [-0.39, 0.29) is 36.8 Å². The lowest BCUT2D eigenvalue weighted by molar-refractivity contribution is -0.123. The molecule has 146 valence electrons. The second kappa shape index (κ2) is 9.89. The van der Waals surface area contributed by atoms with Crippen LogP contribution in [0.1, 0.15) is 55.5 Å². The summed E-state index contributed by atoms with van der Waals surface area (Å²) in [5, 5.41) is 18.9. The molecule has 1 amide bonds. The average molecular weight is 404 g/mol. The number of likely N-dealkylation sites (N-methyl/N-ethyl adjacent to an activating group) is 1. The Morgan fingerprint density at radius 3 is 2.65 bits per heavy atom. The number of nitrogens with one attached hydrogen (secondary N) is 2. The number of aromatic nitrogens is 5. The monoisotopic (exact) mass is 403 g/mol. The maximum absolute atomic E-state index is 12.7. The van der Waals surface area contributed by atoms with Crippen LogP contribution in [0.2, 0.25) is 0 Å². The molecule has 0 fully saturated rings. The van der Waals surface area contributed by atoms with Gasteiger partial charge < -0.3 is 15.2 Å². The highest BCUT2D eigenvalue weighted by Gasteiger charge is 2.25. The Kier molecular flexibility index (Phi) is 8.52. The Balaban J connectivity index is 0.00000169. The molecular formula is C16H27Cl2N7O. The molecule has 2 aromatic heterocycles. The number of halogens is 2. The maximum atomic E-state index is 12.7. The van der Waals surface area contributed by atoms with Gasteiger partial charge in [-0.15, -0.1) is 35.0 Å². The van der Waals surface area contributed by atoms with Crippen LogP contribution < -0.4 is 10.6 Å². The van der Waals surface area contributed by atoms with Crippen molar-refractivity contribution in [2.24, 2.45) is 7.05 Å². The van der Waals surface area contributed by atoms with E-state index in [1.807, 2.05) is 20.2 Å². The minimum atomic E-state index is -0.437. The fraction of sp³-hybridized carbons (Fsp3) is 0.625. The van der Waals surface area contributed by atoms with Crippen LogP contribution >= 0.6 is 24.8 Å². The molecule has 0 bridgehead atoms. The summed E-state index contributed by atoms with van der Waals surface area (Å²) in [7, 11) is 3.60. The minimum absolute atomic E-state index is 0. The number of carbonyl (C=O) groups is 1. The van der Waals surface area contributed by atoms with Crippen LogP contribution in [-0.4, -0.2) is 37.5 Å². The lowest BCUT2D eigenvalue weighted by Crippen LogP contribution is -2.38. The van der Waals surface area contributed by atoms with Crippen molar-refractivity contribution >= 4 is 30.7 Å². The van der Waals surface area contributed by atoms with Crippen molar-refractivity contribution in [1.82, 2.24) is 35.2 Å². The predicted molar refractivity (Wildman–Crippen MR) is 104 cm³/mol. The number of carbonyl (C=O) groups excluding carboxylic acids is 1. The van der Waals surface area contributed by atoms with Gasteiger partial charge in [0.05, 0.1) is 12.2 Å². The molecule has 26 heavy (non-hydrogen) atoms. The van der Waals surface area contributed by atoms with Crippen molar-refractivity contribution in [1.29, 1.82) is 0 Å². The van der Waals surface area contributed by atoms with Crippen molar-refractivity contribution in [2.75, 3.05) is 7.05 Å². The van der Waals surface area contributed by atoms with Crippen molar-refractivity contribution in [3.8, 4) is 0 Å². The van der Waals surface area contributed by atoms with Gasteiger partial charge in [0.15, 0.2) is 5.82 Å². The highest BCUT2D eigenvalue weighted by molar-refractivity contribution is 5.85. The van der Waals surface area contributed by atoms with Crippen molar-refractivity contribution in [3.63, 3.8) is 0 Å². The third kappa shape index (κ3) is 4.75. The highest BCUT2D eigenvalue weighted by atomic mass is 35.5. The molecule has 3 rings (SSSR count). The average Bonchev–Trinajstić information content (AvgIpc) is 3.08. The van der Waals surface area contributed by atoms with Gasteiger partial charge in [-0.3, -0.25) is 9.48 Å². The molecule has 1 aliphatic rings. The molecule has 2 aromatic rings. The van der Waals surface area contributed by atoms with Crippen LogP contribution in [0.15, 0.2) is 12.4 Å². The first-order chi connectivity index (χ1) is 11.6. The second-order valence-corrected chi connectivity index (χ2v) is 6.34. The Labute approximate surface area is 165 Å². The molecule has 0 radical (unpaired) electrons. The molecule has 0 saturated heterocycles. The van der Waals surface area contributed by atoms with E-state index >= 15 is 0 Å². The highest BCUT2D eigenvalue weighted by Crippen LogP contribution is 2.20. The minimum Gasteiger partial charge on any atom is -0.345 e. The van der Waals surface area contributed by atoms with Gasteiger partial charge >= 0.3 is 0 Å². The first-order valence-electron chi connectivity index (χ1n) is 8.48. The van der Waals surface area contributed by atoms with Crippen LogP contribution in [0.25, 0.3) is 0 Å². The van der Waals surface area contributed by atoms with Gasteiger partial charge in [-0.05, 0) is 26.8 Å². The molecule has 2 N–H and O–H groups in total. The van der Waals surface area contributed by atoms with Gasteiger partial charge in [-0.2, -0.15) is 5.10 Å². The molecule has 3 heterocycles. The Hall–Kier alpha value is -1.64. The second-order valence-electron chi connectivity index (χ2n) is 6.34. The standard InChI is InChI=1S/C16H25N7O.2ClH/c1-11(15-21-20-13-7-5-4-6-8-23(13)15)19-16(24)14(17-2)12-9-18-22(3)10-12;;/h9-11,14,17H,4-8H2,1-3H3,(H,19,24);2*1H/t11-,14?;;/m1../s1. The number of amides is 1. The third-order valence-electron chi connectivity index (χ3n) is 4.49. The Morgan fingerprint density at radius 2 is 2.00 bits per heavy atom. The Morgan fingerprint density at radius 1 is 1.23 bits per heavy atom. The van der Waals surface area contributed by atoms with Gasteiger partial charge in [0.25, 0.3) is 0 Å². The SMILES string of the molecule is CNC(C(=O)N[C@H](C)c1nnc2n1CCCCC2)c1cnn(C)c1.Cl.Cl. The third-order valence-corrected chi connectivity index (χ3v) is 4.49. The van der Waals surface area contributed by atoms with E-state index in [0.29, 0.717) is 0 Å². The normalized spacial score (nSPS) is 15.7. The molecule has 2 atom stereocenters. The zero-order valence-electron chi connectivity index (χ0n) is 15.3. The van der Waals surface area contributed by atoms with Crippen LogP contribution in [0.3, 0.4) is 0 Å². The van der Waals surface area contributed by atoms with Gasteiger partial charge in [0.1, 0.15) is 11.9 Å². The maximum Gasteiger partial charge on any atom is 0.242 e. The van der Waals surface area contributed by atoms with E-state index < -0.39 is 6.04 Å². The largest absolute Gasteiger partial charge is 0.345 e. The molecule has 0 aliphatic carbocycles. The Bertz CT molecular complexity index is 715. The molecule has 0 saturated carbocycles. The summed E-state index contributed by atoms with van der Waals surface area (Å²) < 4.78 is 3.85. The van der Waals surface area contributed by atoms with Crippen molar-refractivity contribution in [2.45, 2.75) is 51.2 Å². The number of hydrogen-bond donors (Lipinski definition) is 2. The fourth-order valence-corrected chi connectivity index (χ4v) is 3.23. The first-order valence-corrected chi connectivity index (χ1v) is 8.48. The number of fused-ring (bicyclic) bond motifs is 1. The zero-order valence-corrected chi connectivity index (χ0v) is 16.9. The lowest BCUT2D eigenvalue weighted by atomic mass is 10.1. The van der Waals surface area contributed by atoms with Crippen molar-refractivity contribution in [3.05, 3.63) is 29.6 Å². The fourth-order valence-electron chi connectivity index (χ4n) is 3.23. The number of nitrogens with zero attached hydrogens (tertiary/aromatic N) is 5. The van der Waals surface area contributed by atoms with Crippen LogP contribution in [0, 0.1) is 0 Å². The smallest absolute Gasteiger partial charge is 0.242 e. The molecule has 0 aromatic carbocycles. The van der Waals surface area contributed by atoms with E-state index in [9.17, 15) is 4.79 Å². The summed E-state index contributed by atoms with van der Waals surface area (Å²) in [4.78, 5) is 12.7. The summed E-state index contributed by atoms with van der Waals surface area (Å²) in [6.45, 7) is 2.88. The number of aryl methyl sites for hydroxylation is 2. The summed E-state index contributed by atoms with van der Waals surface area (Å²) in [5.74, 6) is 1.77. The zero-order chi connectivity index (χ0) is 17.1. The van der Waals surface area contributed by atoms with Gasteiger partial charge in [0, 0.05) is 31.8 Å². The molecule has 0 spiro atoms. The summed E-state index contributed by atoms with van der Waals surface area (Å²) in [6, 6.07) is -0.628. The lowest BCUT2D eigenvalue weighted by Gasteiger charge is -2.19. The van der Waals surface area contributed by atoms with Crippen LogP contribution in [-0.2, 0) is 24.8 Å². The first kappa shape index (κ1) is 22.4. The summed E-state index contributed by atoms with van der Waals surface area (Å²) in [5.41, 5.74) is 0.838. The van der Waals surface area contributed by atoms with Gasteiger partial charge in [-0.1, -0.05) is 6.42 Å². The summed E-state index contributed by atoms with van der Waals surface area (Å²) >= 11 is 0. The molecule has 8 nitrogen and oxygen atoms in total. The number of hydrogen-bond acceptors (Lipinski definition) is 5. The molecule has 10 heteroatoms. The molecule has 1 aliphatic heterocycles. The van der Waals surface area contributed by atoms with Crippen LogP contribution in [0.5, 0.6) is 0 Å². The predicted octanol–water partition coefficient (Wildman–Crippen LogP) is 1.72. The van der Waals surface area contributed by atoms with E-state index in [2.05, 4.69) is 30.5 Å². The molecule has 1 unspecified atom stereocenters. The van der Waals surface area contributed by atoms with E-state index in [4.69, 9.17) is 0 Å². The quantitative estimate of drug-likeness (QED) is 0.792. The van der Waals surface area contributed by atoms with Gasteiger partial charge in [0.2, 0.25) is 5.91 Å². The summed E-state index contributed by atoms with van der Waals surface area (Å²) in [6.07, 6.45) is 8.01. The van der Waals surface area contributed by atoms with E-state index in [0.717, 1.165) is 43.0 Å². The van der Waals surface area contributed by atoms with E-state index in [1.54, 1.807) is 17.9 Å². The van der Waals surface area contributed by atoms with E-state index in [1.165, 1.54) is 6.42 Å².